The van der Waals surface area contributed by atoms with E-state index in [1.807, 2.05) is 6.92 Å². The van der Waals surface area contributed by atoms with Gasteiger partial charge in [0.25, 0.3) is 5.91 Å². The molecule has 1 saturated heterocycles. The molecule has 0 aromatic heterocycles. The fourth-order valence-electron chi connectivity index (χ4n) is 2.16. The van der Waals surface area contributed by atoms with Crippen molar-refractivity contribution in [1.29, 1.82) is 0 Å². The third-order valence-corrected chi connectivity index (χ3v) is 3.25. The van der Waals surface area contributed by atoms with Crippen LogP contribution in [0.4, 0.5) is 0 Å². The van der Waals surface area contributed by atoms with Crippen molar-refractivity contribution in [1.82, 2.24) is 4.90 Å². The van der Waals surface area contributed by atoms with Crippen LogP contribution in [-0.4, -0.2) is 54.8 Å². The van der Waals surface area contributed by atoms with E-state index in [1.165, 1.54) is 18.1 Å². The maximum atomic E-state index is 12.5. The van der Waals surface area contributed by atoms with Gasteiger partial charge in [-0.05, 0) is 24.6 Å². The minimum atomic E-state index is -0.776. The van der Waals surface area contributed by atoms with E-state index in [9.17, 15) is 14.7 Å². The van der Waals surface area contributed by atoms with E-state index in [2.05, 4.69) is 4.74 Å². The van der Waals surface area contributed by atoms with E-state index >= 15 is 0 Å². The number of phenols is 1. The van der Waals surface area contributed by atoms with Gasteiger partial charge in [0.05, 0.1) is 25.9 Å². The Balaban J connectivity index is 2.27. The van der Waals surface area contributed by atoms with Crippen molar-refractivity contribution in [3.63, 3.8) is 0 Å². The zero-order valence-corrected chi connectivity index (χ0v) is 11.5. The number of aryl methyl sites for hydroxylation is 1. The Kier molecular flexibility index (Phi) is 4.24. The van der Waals surface area contributed by atoms with Gasteiger partial charge in [-0.25, -0.2) is 4.79 Å². The lowest BCUT2D eigenvalue weighted by molar-refractivity contribution is -0.151. The second-order valence-corrected chi connectivity index (χ2v) is 4.63. The molecule has 1 aliphatic rings. The monoisotopic (exact) mass is 279 g/mol. The van der Waals surface area contributed by atoms with Crippen LogP contribution in [-0.2, 0) is 14.3 Å². The highest BCUT2D eigenvalue weighted by Gasteiger charge is 2.34. The molecule has 1 fully saturated rings. The van der Waals surface area contributed by atoms with E-state index in [0.29, 0.717) is 6.61 Å². The number of methoxy groups -OCH3 is 1. The lowest BCUT2D eigenvalue weighted by atomic mass is 10.1. The number of morpholine rings is 1. The van der Waals surface area contributed by atoms with Crippen molar-refractivity contribution in [2.45, 2.75) is 13.0 Å². The van der Waals surface area contributed by atoms with Crippen LogP contribution < -0.4 is 0 Å². The van der Waals surface area contributed by atoms with Gasteiger partial charge in [0.1, 0.15) is 5.75 Å². The summed E-state index contributed by atoms with van der Waals surface area (Å²) in [7, 11) is 1.27. The Labute approximate surface area is 116 Å². The van der Waals surface area contributed by atoms with Crippen LogP contribution in [0.2, 0.25) is 0 Å². The number of nitrogens with zero attached hydrogens (tertiary/aromatic N) is 1. The lowest BCUT2D eigenvalue weighted by Crippen LogP contribution is -2.53. The number of amides is 1. The average Bonchev–Trinajstić information content (AvgIpc) is 2.46. The first-order chi connectivity index (χ1) is 9.54. The summed E-state index contributed by atoms with van der Waals surface area (Å²) in [6.45, 7) is 2.56. The van der Waals surface area contributed by atoms with Crippen LogP contribution in [0.3, 0.4) is 0 Å². The number of hydrogen-bond donors (Lipinski definition) is 1. The van der Waals surface area contributed by atoms with E-state index in [1.54, 1.807) is 12.1 Å². The summed E-state index contributed by atoms with van der Waals surface area (Å²) in [4.78, 5) is 25.5. The standard InChI is InChI=1S/C14H17NO5/c1-9-3-4-10(12(16)7-9)13(17)15-5-6-20-8-11(15)14(18)19-2/h3-4,7,11,16H,5-6,8H2,1-2H3. The second-order valence-electron chi connectivity index (χ2n) is 4.63. The summed E-state index contributed by atoms with van der Waals surface area (Å²) in [5.74, 6) is -1.02. The molecule has 6 nitrogen and oxygen atoms in total. The molecule has 1 amide bonds. The molecule has 1 aliphatic heterocycles. The van der Waals surface area contributed by atoms with Gasteiger partial charge in [0.2, 0.25) is 0 Å². The van der Waals surface area contributed by atoms with E-state index in [-0.39, 0.29) is 24.5 Å². The first kappa shape index (κ1) is 14.3. The summed E-state index contributed by atoms with van der Waals surface area (Å²) in [5, 5.41) is 9.88. The van der Waals surface area contributed by atoms with Crippen molar-refractivity contribution in [3.8, 4) is 5.75 Å². The molecule has 1 aromatic carbocycles. The van der Waals surface area contributed by atoms with Gasteiger partial charge < -0.3 is 19.5 Å². The number of benzene rings is 1. The maximum absolute atomic E-state index is 12.5. The summed E-state index contributed by atoms with van der Waals surface area (Å²) < 4.78 is 9.89. The van der Waals surface area contributed by atoms with Crippen LogP contribution in [0.15, 0.2) is 18.2 Å². The van der Waals surface area contributed by atoms with Crippen LogP contribution >= 0.6 is 0 Å². The number of aromatic hydroxyl groups is 1. The van der Waals surface area contributed by atoms with Crippen LogP contribution in [0.1, 0.15) is 15.9 Å². The number of rotatable bonds is 2. The molecular formula is C14H17NO5. The third-order valence-electron chi connectivity index (χ3n) is 3.25. The van der Waals surface area contributed by atoms with Crippen molar-refractivity contribution in [2.24, 2.45) is 0 Å². The molecule has 0 bridgehead atoms. The lowest BCUT2D eigenvalue weighted by Gasteiger charge is -2.33. The largest absolute Gasteiger partial charge is 0.507 e. The number of phenolic OH excluding ortho intramolecular Hbond substituents is 1. The predicted molar refractivity (Wildman–Crippen MR) is 70.5 cm³/mol. The smallest absolute Gasteiger partial charge is 0.331 e. The Morgan fingerprint density at radius 1 is 1.45 bits per heavy atom. The maximum Gasteiger partial charge on any atom is 0.331 e. The van der Waals surface area contributed by atoms with E-state index < -0.39 is 17.9 Å². The first-order valence-electron chi connectivity index (χ1n) is 6.30. The number of hydrogen-bond acceptors (Lipinski definition) is 5. The van der Waals surface area contributed by atoms with Gasteiger partial charge >= 0.3 is 5.97 Å². The molecule has 1 aromatic rings. The summed E-state index contributed by atoms with van der Waals surface area (Å²) >= 11 is 0. The summed E-state index contributed by atoms with van der Waals surface area (Å²) in [6, 6.07) is 4.03. The summed E-state index contributed by atoms with van der Waals surface area (Å²) in [5.41, 5.74) is 1.02. The number of esters is 1. The highest BCUT2D eigenvalue weighted by molar-refractivity contribution is 5.99. The Morgan fingerprint density at radius 3 is 2.85 bits per heavy atom. The van der Waals surface area contributed by atoms with Crippen molar-refractivity contribution in [2.75, 3.05) is 26.9 Å². The fourth-order valence-corrected chi connectivity index (χ4v) is 2.16. The normalized spacial score (nSPS) is 18.7. The average molecular weight is 279 g/mol. The minimum Gasteiger partial charge on any atom is -0.507 e. The molecular weight excluding hydrogens is 262 g/mol. The molecule has 0 spiro atoms. The van der Waals surface area contributed by atoms with Gasteiger partial charge in [-0.3, -0.25) is 4.79 Å². The molecule has 0 saturated carbocycles. The molecule has 0 radical (unpaired) electrons. The third kappa shape index (κ3) is 2.75. The van der Waals surface area contributed by atoms with E-state index in [0.717, 1.165) is 5.56 Å². The highest BCUT2D eigenvalue weighted by atomic mass is 16.5. The molecule has 1 N–H and O–H groups in total. The summed E-state index contributed by atoms with van der Waals surface area (Å²) in [6.07, 6.45) is 0. The van der Waals surface area contributed by atoms with Crippen LogP contribution in [0.25, 0.3) is 0 Å². The molecule has 20 heavy (non-hydrogen) atoms. The fraction of sp³-hybridized carbons (Fsp3) is 0.429. The Bertz CT molecular complexity index is 528. The molecule has 1 unspecified atom stereocenters. The van der Waals surface area contributed by atoms with Gasteiger partial charge in [-0.2, -0.15) is 0 Å². The van der Waals surface area contributed by atoms with Crippen molar-refractivity contribution < 1.29 is 24.2 Å². The molecule has 2 rings (SSSR count). The topological polar surface area (TPSA) is 76.1 Å². The Hall–Kier alpha value is -2.08. The zero-order chi connectivity index (χ0) is 14.7. The molecule has 1 heterocycles. The van der Waals surface area contributed by atoms with Gasteiger partial charge in [0, 0.05) is 6.54 Å². The Morgan fingerprint density at radius 2 is 2.20 bits per heavy atom. The predicted octanol–water partition coefficient (Wildman–Crippen LogP) is 0.715. The number of ether oxygens (including phenoxy) is 2. The molecule has 0 aliphatic carbocycles. The SMILES string of the molecule is COC(=O)C1COCCN1C(=O)c1ccc(C)cc1O. The van der Waals surface area contributed by atoms with Crippen molar-refractivity contribution >= 4 is 11.9 Å². The first-order valence-corrected chi connectivity index (χ1v) is 6.30. The van der Waals surface area contributed by atoms with Crippen LogP contribution in [0.5, 0.6) is 5.75 Å². The van der Waals surface area contributed by atoms with Gasteiger partial charge in [0.15, 0.2) is 6.04 Å². The molecule has 6 heteroatoms. The van der Waals surface area contributed by atoms with Crippen molar-refractivity contribution in [3.05, 3.63) is 29.3 Å². The second kappa shape index (κ2) is 5.92. The zero-order valence-electron chi connectivity index (χ0n) is 11.5. The highest BCUT2D eigenvalue weighted by Crippen LogP contribution is 2.22. The van der Waals surface area contributed by atoms with Gasteiger partial charge in [-0.15, -0.1) is 0 Å². The molecule has 1 atom stereocenters. The van der Waals surface area contributed by atoms with Crippen LogP contribution in [0, 0.1) is 6.92 Å². The quantitative estimate of drug-likeness (QED) is 0.807. The number of carbonyl (C=O) groups excluding carboxylic acids is 2. The minimum absolute atomic E-state index is 0.0925. The van der Waals surface area contributed by atoms with Gasteiger partial charge in [-0.1, -0.05) is 6.07 Å². The van der Waals surface area contributed by atoms with E-state index in [4.69, 9.17) is 4.74 Å². The molecule has 108 valence electrons. The number of carbonyl (C=O) groups is 2.